The molecule has 1 aromatic rings. The second-order valence-corrected chi connectivity index (χ2v) is 5.15. The van der Waals surface area contributed by atoms with Gasteiger partial charge in [0, 0.05) is 6.04 Å². The van der Waals surface area contributed by atoms with Crippen LogP contribution in [-0.2, 0) is 0 Å². The van der Waals surface area contributed by atoms with Crippen molar-refractivity contribution in [3.8, 4) is 5.75 Å². The Morgan fingerprint density at radius 3 is 2.50 bits per heavy atom. The van der Waals surface area contributed by atoms with Crippen molar-refractivity contribution in [2.24, 2.45) is 11.7 Å². The second-order valence-electron chi connectivity index (χ2n) is 5.15. The normalized spacial score (nSPS) is 17.9. The van der Waals surface area contributed by atoms with E-state index < -0.39 is 0 Å². The smallest absolute Gasteiger partial charge is 0.122 e. The van der Waals surface area contributed by atoms with E-state index in [-0.39, 0.29) is 18.4 Å². The standard InChI is InChI=1S/C15H23NO.ClH/c1-11-8-9-13(10-14(11)17-2)15(16)12-6-4-3-5-7-12;/h8-10,12,15H,3-7,16H2,1-2H3;1H/t15-;/m1./s1. The van der Waals surface area contributed by atoms with Crippen LogP contribution < -0.4 is 10.5 Å². The van der Waals surface area contributed by atoms with Gasteiger partial charge in [-0.1, -0.05) is 31.4 Å². The number of hydrogen-bond acceptors (Lipinski definition) is 2. The van der Waals surface area contributed by atoms with Crippen LogP contribution in [0, 0.1) is 12.8 Å². The summed E-state index contributed by atoms with van der Waals surface area (Å²) in [5, 5.41) is 0. The van der Waals surface area contributed by atoms with Crippen molar-refractivity contribution in [1.82, 2.24) is 0 Å². The molecule has 0 saturated heterocycles. The fraction of sp³-hybridized carbons (Fsp3) is 0.600. The van der Waals surface area contributed by atoms with Crippen LogP contribution in [0.4, 0.5) is 0 Å². The Kier molecular flexibility index (Phi) is 5.97. The van der Waals surface area contributed by atoms with Crippen LogP contribution in [0.5, 0.6) is 5.75 Å². The molecule has 2 N–H and O–H groups in total. The second kappa shape index (κ2) is 7.01. The van der Waals surface area contributed by atoms with Gasteiger partial charge < -0.3 is 10.5 Å². The molecular weight excluding hydrogens is 246 g/mol. The van der Waals surface area contributed by atoms with Gasteiger partial charge in [0.1, 0.15) is 5.75 Å². The summed E-state index contributed by atoms with van der Waals surface area (Å²) >= 11 is 0. The van der Waals surface area contributed by atoms with Crippen molar-refractivity contribution in [2.45, 2.75) is 45.1 Å². The molecule has 0 unspecified atom stereocenters. The number of rotatable bonds is 3. The average Bonchev–Trinajstić information content (AvgIpc) is 2.39. The van der Waals surface area contributed by atoms with Crippen LogP contribution >= 0.6 is 12.4 Å². The number of benzene rings is 1. The predicted octanol–water partition coefficient (Wildman–Crippen LogP) is 4.01. The minimum atomic E-state index is 0. The quantitative estimate of drug-likeness (QED) is 0.900. The molecule has 0 bridgehead atoms. The summed E-state index contributed by atoms with van der Waals surface area (Å²) in [7, 11) is 1.72. The Balaban J connectivity index is 0.00000162. The highest BCUT2D eigenvalue weighted by molar-refractivity contribution is 5.85. The zero-order valence-electron chi connectivity index (χ0n) is 11.3. The van der Waals surface area contributed by atoms with Crippen molar-refractivity contribution in [1.29, 1.82) is 0 Å². The van der Waals surface area contributed by atoms with Gasteiger partial charge in [-0.05, 0) is 42.9 Å². The summed E-state index contributed by atoms with van der Waals surface area (Å²) in [5.74, 6) is 1.60. The molecule has 0 radical (unpaired) electrons. The van der Waals surface area contributed by atoms with Gasteiger partial charge in [0.2, 0.25) is 0 Å². The van der Waals surface area contributed by atoms with Gasteiger partial charge >= 0.3 is 0 Å². The van der Waals surface area contributed by atoms with Crippen LogP contribution in [0.3, 0.4) is 0 Å². The van der Waals surface area contributed by atoms with Crippen LogP contribution in [0.2, 0.25) is 0 Å². The monoisotopic (exact) mass is 269 g/mol. The molecule has 2 nitrogen and oxygen atoms in total. The number of aryl methyl sites for hydroxylation is 1. The highest BCUT2D eigenvalue weighted by Gasteiger charge is 2.22. The number of hydrogen-bond donors (Lipinski definition) is 1. The molecule has 0 heterocycles. The largest absolute Gasteiger partial charge is 0.496 e. The van der Waals surface area contributed by atoms with Crippen molar-refractivity contribution in [3.63, 3.8) is 0 Å². The number of ether oxygens (including phenoxy) is 1. The van der Waals surface area contributed by atoms with Crippen LogP contribution in [0.1, 0.15) is 49.3 Å². The van der Waals surface area contributed by atoms with E-state index in [0.717, 1.165) is 5.75 Å². The lowest BCUT2D eigenvalue weighted by Gasteiger charge is -2.28. The Morgan fingerprint density at radius 1 is 1.22 bits per heavy atom. The molecular formula is C15H24ClNO. The number of methoxy groups -OCH3 is 1. The van der Waals surface area contributed by atoms with Crippen LogP contribution in [-0.4, -0.2) is 7.11 Å². The summed E-state index contributed by atoms with van der Waals surface area (Å²) in [6, 6.07) is 6.53. The van der Waals surface area contributed by atoms with Crippen molar-refractivity contribution < 1.29 is 4.74 Å². The molecule has 1 atom stereocenters. The van der Waals surface area contributed by atoms with E-state index in [4.69, 9.17) is 10.5 Å². The van der Waals surface area contributed by atoms with Gasteiger partial charge in [-0.3, -0.25) is 0 Å². The third-order valence-electron chi connectivity index (χ3n) is 3.97. The van der Waals surface area contributed by atoms with Gasteiger partial charge in [-0.15, -0.1) is 12.4 Å². The van der Waals surface area contributed by atoms with Crippen LogP contribution in [0.15, 0.2) is 18.2 Å². The first kappa shape index (κ1) is 15.3. The van der Waals surface area contributed by atoms with Gasteiger partial charge in [-0.25, -0.2) is 0 Å². The van der Waals surface area contributed by atoms with E-state index in [1.165, 1.54) is 43.2 Å². The first-order chi connectivity index (χ1) is 8.22. The minimum absolute atomic E-state index is 0. The van der Waals surface area contributed by atoms with E-state index in [1.807, 2.05) is 0 Å². The topological polar surface area (TPSA) is 35.2 Å². The first-order valence-corrected chi connectivity index (χ1v) is 6.62. The molecule has 1 aromatic carbocycles. The Bertz CT molecular complexity index is 375. The lowest BCUT2D eigenvalue weighted by atomic mass is 9.81. The summed E-state index contributed by atoms with van der Waals surface area (Å²) < 4.78 is 5.37. The van der Waals surface area contributed by atoms with E-state index in [0.29, 0.717) is 5.92 Å². The van der Waals surface area contributed by atoms with Crippen LogP contribution in [0.25, 0.3) is 0 Å². The first-order valence-electron chi connectivity index (χ1n) is 6.62. The maximum absolute atomic E-state index is 6.39. The SMILES string of the molecule is COc1cc([C@H](N)C2CCCCC2)ccc1C.Cl. The molecule has 1 fully saturated rings. The van der Waals surface area contributed by atoms with Crippen molar-refractivity contribution in [3.05, 3.63) is 29.3 Å². The van der Waals surface area contributed by atoms with E-state index in [2.05, 4.69) is 25.1 Å². The van der Waals surface area contributed by atoms with Gasteiger partial charge in [0.25, 0.3) is 0 Å². The van der Waals surface area contributed by atoms with Gasteiger partial charge in [0.15, 0.2) is 0 Å². The Hall–Kier alpha value is -0.730. The fourth-order valence-corrected chi connectivity index (χ4v) is 2.81. The molecule has 18 heavy (non-hydrogen) atoms. The molecule has 0 amide bonds. The zero-order chi connectivity index (χ0) is 12.3. The highest BCUT2D eigenvalue weighted by atomic mass is 35.5. The summed E-state index contributed by atoms with van der Waals surface area (Å²) in [4.78, 5) is 0. The molecule has 0 spiro atoms. The molecule has 102 valence electrons. The van der Waals surface area contributed by atoms with E-state index >= 15 is 0 Å². The van der Waals surface area contributed by atoms with Crippen molar-refractivity contribution in [2.75, 3.05) is 7.11 Å². The Morgan fingerprint density at radius 2 is 1.89 bits per heavy atom. The lowest BCUT2D eigenvalue weighted by molar-refractivity contribution is 0.307. The Labute approximate surface area is 116 Å². The highest BCUT2D eigenvalue weighted by Crippen LogP contribution is 2.34. The molecule has 3 heteroatoms. The average molecular weight is 270 g/mol. The van der Waals surface area contributed by atoms with Gasteiger partial charge in [0.05, 0.1) is 7.11 Å². The molecule has 0 aromatic heterocycles. The lowest BCUT2D eigenvalue weighted by Crippen LogP contribution is -2.23. The van der Waals surface area contributed by atoms with Gasteiger partial charge in [-0.2, -0.15) is 0 Å². The maximum Gasteiger partial charge on any atom is 0.122 e. The fourth-order valence-electron chi connectivity index (χ4n) is 2.81. The molecule has 2 rings (SSSR count). The third-order valence-corrected chi connectivity index (χ3v) is 3.97. The zero-order valence-corrected chi connectivity index (χ0v) is 12.1. The maximum atomic E-state index is 6.39. The summed E-state index contributed by atoms with van der Waals surface area (Å²) in [5.41, 5.74) is 8.78. The summed E-state index contributed by atoms with van der Waals surface area (Å²) in [6.07, 6.45) is 6.60. The predicted molar refractivity (Wildman–Crippen MR) is 78.5 cm³/mol. The van der Waals surface area contributed by atoms with E-state index in [9.17, 15) is 0 Å². The number of halogens is 1. The molecule has 0 aliphatic heterocycles. The molecule has 1 aliphatic rings. The number of nitrogens with two attached hydrogens (primary N) is 1. The minimum Gasteiger partial charge on any atom is -0.496 e. The summed E-state index contributed by atoms with van der Waals surface area (Å²) in [6.45, 7) is 2.06. The van der Waals surface area contributed by atoms with Crippen molar-refractivity contribution >= 4 is 12.4 Å². The molecule has 1 saturated carbocycles. The third kappa shape index (κ3) is 3.39. The molecule has 1 aliphatic carbocycles. The van der Waals surface area contributed by atoms with E-state index in [1.54, 1.807) is 7.11 Å².